The van der Waals surface area contributed by atoms with E-state index in [-0.39, 0.29) is 10.8 Å². The summed E-state index contributed by atoms with van der Waals surface area (Å²) < 4.78 is 4.86. The van der Waals surface area contributed by atoms with Crippen LogP contribution < -0.4 is 0 Å². The summed E-state index contributed by atoms with van der Waals surface area (Å²) in [5.74, 6) is 0. The van der Waals surface area contributed by atoms with Gasteiger partial charge in [-0.3, -0.25) is 0 Å². The monoisotopic (exact) mass is 944 g/mol. The first-order valence-corrected chi connectivity index (χ1v) is 26.1. The van der Waals surface area contributed by atoms with Gasteiger partial charge in [0.15, 0.2) is 0 Å². The summed E-state index contributed by atoms with van der Waals surface area (Å²) in [6.45, 7) is 9.63. The first kappa shape index (κ1) is 42.7. The molecule has 2 heteroatoms. The summed E-state index contributed by atoms with van der Waals surface area (Å²) >= 11 is 0. The zero-order chi connectivity index (χ0) is 49.5. The second kappa shape index (κ2) is 15.8. The molecule has 0 amide bonds. The first-order chi connectivity index (χ1) is 36.2. The van der Waals surface area contributed by atoms with Crippen LogP contribution in [0.15, 0.2) is 218 Å². The number of hydrogen-bond acceptors (Lipinski definition) is 0. The molecule has 0 radical (unpaired) electrons. The molecule has 0 saturated carbocycles. The number of hydrogen-bond donors (Lipinski definition) is 0. The molecule has 13 aromatic rings. The lowest BCUT2D eigenvalue weighted by Crippen LogP contribution is -2.17. The molecule has 0 fully saturated rings. The summed E-state index contributed by atoms with van der Waals surface area (Å²) in [4.78, 5) is 0. The second-order valence-electron chi connectivity index (χ2n) is 21.7. The molecule has 0 atom stereocenters. The highest BCUT2D eigenvalue weighted by atomic mass is 15.0. The van der Waals surface area contributed by atoms with Crippen molar-refractivity contribution in [2.75, 3.05) is 0 Å². The lowest BCUT2D eigenvalue weighted by molar-refractivity contribution is 0.652. The Morgan fingerprint density at radius 1 is 0.270 bits per heavy atom. The number of aromatic nitrogens is 2. The molecule has 0 spiro atoms. The number of para-hydroxylation sites is 2. The average molecular weight is 945 g/mol. The van der Waals surface area contributed by atoms with Crippen molar-refractivity contribution in [2.24, 2.45) is 0 Å². The molecular formula is C72H52N2. The smallest absolute Gasteiger partial charge is 0.0541 e. The number of fused-ring (bicyclic) bond motifs is 14. The first-order valence-electron chi connectivity index (χ1n) is 26.1. The summed E-state index contributed by atoms with van der Waals surface area (Å²) in [6, 6.07) is 81.3. The van der Waals surface area contributed by atoms with Crippen molar-refractivity contribution in [3.05, 3.63) is 263 Å². The summed E-state index contributed by atoms with van der Waals surface area (Å²) in [5.41, 5.74) is 22.8. The highest BCUT2D eigenvalue weighted by Gasteiger charge is 2.41. The topological polar surface area (TPSA) is 9.86 Å². The van der Waals surface area contributed by atoms with E-state index in [0.717, 1.165) is 0 Å². The minimum absolute atomic E-state index is 0.149. The Balaban J connectivity index is 0.726. The van der Waals surface area contributed by atoms with Crippen LogP contribution in [0.25, 0.3) is 123 Å². The third-order valence-corrected chi connectivity index (χ3v) is 16.9. The molecule has 74 heavy (non-hydrogen) atoms. The summed E-state index contributed by atoms with van der Waals surface area (Å²) in [5, 5.41) is 10.1. The minimum atomic E-state index is -0.149. The van der Waals surface area contributed by atoms with Gasteiger partial charge in [0.2, 0.25) is 0 Å². The Morgan fingerprint density at radius 3 is 1.05 bits per heavy atom. The van der Waals surface area contributed by atoms with E-state index >= 15 is 0 Å². The zero-order valence-corrected chi connectivity index (χ0v) is 42.0. The number of nitrogens with zero attached hydrogens (tertiary/aromatic N) is 2. The Morgan fingerprint density at radius 2 is 0.608 bits per heavy atom. The van der Waals surface area contributed by atoms with E-state index in [4.69, 9.17) is 0 Å². The van der Waals surface area contributed by atoms with Crippen LogP contribution >= 0.6 is 0 Å². The molecule has 2 nitrogen and oxygen atoms in total. The van der Waals surface area contributed by atoms with Gasteiger partial charge in [-0.15, -0.1) is 0 Å². The van der Waals surface area contributed by atoms with Crippen LogP contribution in [0.1, 0.15) is 72.2 Å². The SMILES string of the molecule is CC1(C)c2cc(/C=C/c3ccc4c(c3)c3ccccc3n4-c3cccc4ccccc34)ccc2-c2cc3c(cc21)-c1ccc(/C=C/c2ccc4c(c2)c2ccccc2n4-c2cccc4ccccc24)cc1C3(C)C. The molecule has 0 aliphatic heterocycles. The zero-order valence-electron chi connectivity index (χ0n) is 42.0. The molecule has 0 unspecified atom stereocenters. The summed E-state index contributed by atoms with van der Waals surface area (Å²) in [6.07, 6.45) is 9.15. The molecule has 2 aliphatic carbocycles. The fraction of sp³-hybridized carbons (Fsp3) is 0.0833. The Kier molecular flexibility index (Phi) is 9.09. The van der Waals surface area contributed by atoms with Crippen molar-refractivity contribution >= 4 is 89.5 Å². The standard InChI is InChI=1S/C72H52N2/c1-71(2)61-41-47(29-27-45-33-37-69-59(39-45)55-21-9-11-23-67(55)73(69)65-25-13-17-49-15-5-7-19-51(49)65)31-35-53(61)57-44-64-58(43-63(57)71)54-36-32-48(42-62(54)72(64,3)4)30-28-46-34-38-70-60(40-46)56-22-10-12-24-68(56)74(70)66-26-14-18-50-16-6-8-20-52(50)66/h5-44H,1-4H3/b29-27+,30-28+. The van der Waals surface area contributed by atoms with E-state index < -0.39 is 0 Å². The molecule has 0 N–H and O–H groups in total. The van der Waals surface area contributed by atoms with E-state index in [1.54, 1.807) is 0 Å². The van der Waals surface area contributed by atoms with Crippen LogP contribution in [0.3, 0.4) is 0 Å². The van der Waals surface area contributed by atoms with Gasteiger partial charge in [0.05, 0.1) is 33.4 Å². The Labute approximate surface area is 431 Å². The van der Waals surface area contributed by atoms with Gasteiger partial charge in [-0.25, -0.2) is 0 Å². The minimum Gasteiger partial charge on any atom is -0.309 e. The normalized spacial score (nSPS) is 14.3. The van der Waals surface area contributed by atoms with Crippen molar-refractivity contribution in [1.82, 2.24) is 9.13 Å². The van der Waals surface area contributed by atoms with Gasteiger partial charge in [-0.2, -0.15) is 0 Å². The lowest BCUT2D eigenvalue weighted by atomic mass is 9.79. The highest BCUT2D eigenvalue weighted by molar-refractivity contribution is 6.13. The number of benzene rings is 11. The van der Waals surface area contributed by atoms with Crippen LogP contribution in [0.5, 0.6) is 0 Å². The van der Waals surface area contributed by atoms with Crippen LogP contribution in [-0.2, 0) is 10.8 Å². The molecule has 11 aromatic carbocycles. The van der Waals surface area contributed by atoms with Gasteiger partial charge >= 0.3 is 0 Å². The molecule has 0 bridgehead atoms. The Hall–Kier alpha value is -8.98. The van der Waals surface area contributed by atoms with E-state index in [2.05, 4.69) is 280 Å². The maximum atomic E-state index is 2.52. The largest absolute Gasteiger partial charge is 0.309 e. The molecule has 2 aromatic heterocycles. The highest BCUT2D eigenvalue weighted by Crippen LogP contribution is 2.56. The van der Waals surface area contributed by atoms with Crippen LogP contribution in [0, 0.1) is 0 Å². The average Bonchev–Trinajstić information content (AvgIpc) is 4.09. The van der Waals surface area contributed by atoms with Gasteiger partial charge in [0, 0.05) is 43.1 Å². The van der Waals surface area contributed by atoms with E-state index in [1.807, 2.05) is 0 Å². The van der Waals surface area contributed by atoms with E-state index in [9.17, 15) is 0 Å². The van der Waals surface area contributed by atoms with Gasteiger partial charge in [0.1, 0.15) is 0 Å². The predicted octanol–water partition coefficient (Wildman–Crippen LogP) is 19.1. The third-order valence-electron chi connectivity index (χ3n) is 16.9. The van der Waals surface area contributed by atoms with E-state index in [1.165, 1.54) is 143 Å². The van der Waals surface area contributed by atoms with Gasteiger partial charge in [-0.05, 0) is 138 Å². The molecule has 0 saturated heterocycles. The lowest BCUT2D eigenvalue weighted by Gasteiger charge is -2.24. The second-order valence-corrected chi connectivity index (χ2v) is 21.7. The maximum Gasteiger partial charge on any atom is 0.0541 e. The molecule has 2 heterocycles. The molecular weight excluding hydrogens is 893 g/mol. The van der Waals surface area contributed by atoms with Crippen molar-refractivity contribution in [2.45, 2.75) is 38.5 Å². The predicted molar refractivity (Wildman–Crippen MR) is 316 cm³/mol. The fourth-order valence-electron chi connectivity index (χ4n) is 13.1. The van der Waals surface area contributed by atoms with Gasteiger partial charge in [-0.1, -0.05) is 210 Å². The Bertz CT molecular complexity index is 4300. The third kappa shape index (κ3) is 6.24. The quantitative estimate of drug-likeness (QED) is 0.147. The van der Waals surface area contributed by atoms with Crippen LogP contribution in [0.4, 0.5) is 0 Å². The van der Waals surface area contributed by atoms with Crippen molar-refractivity contribution in [3.8, 4) is 33.6 Å². The molecule has 2 aliphatic rings. The van der Waals surface area contributed by atoms with Gasteiger partial charge in [0.25, 0.3) is 0 Å². The van der Waals surface area contributed by atoms with Crippen molar-refractivity contribution in [3.63, 3.8) is 0 Å². The van der Waals surface area contributed by atoms with E-state index in [0.29, 0.717) is 0 Å². The maximum absolute atomic E-state index is 2.52. The fourth-order valence-corrected chi connectivity index (χ4v) is 13.1. The number of rotatable bonds is 6. The molecule has 350 valence electrons. The molecule has 15 rings (SSSR count). The van der Waals surface area contributed by atoms with Gasteiger partial charge < -0.3 is 9.13 Å². The summed E-state index contributed by atoms with van der Waals surface area (Å²) in [7, 11) is 0. The van der Waals surface area contributed by atoms with Crippen LogP contribution in [0.2, 0.25) is 0 Å². The van der Waals surface area contributed by atoms with Crippen molar-refractivity contribution in [1.29, 1.82) is 0 Å². The van der Waals surface area contributed by atoms with Crippen molar-refractivity contribution < 1.29 is 0 Å². The van der Waals surface area contributed by atoms with Crippen LogP contribution in [-0.4, -0.2) is 9.13 Å².